The number of halogens is 3. The molecule has 2 fully saturated rings. The number of alkyl halides is 1. The molecule has 1 amide bonds. The van der Waals surface area contributed by atoms with Crippen molar-refractivity contribution in [1.82, 2.24) is 29.9 Å². The number of carbonyl (C=O) groups is 1. The Kier molecular flexibility index (Phi) is 12.6. The summed E-state index contributed by atoms with van der Waals surface area (Å²) in [7, 11) is -4.46. The lowest BCUT2D eigenvalue weighted by Crippen LogP contribution is -2.47. The molecule has 0 spiro atoms. The fraction of sp³-hybridized carbons (Fsp3) is 0.400. The first-order chi connectivity index (χ1) is 29.3. The topological polar surface area (TPSA) is 142 Å². The molecule has 5 heterocycles. The first-order valence-corrected chi connectivity index (χ1v) is 22.8. The molecular formula is C45H50Cl2FN7O5S. The van der Waals surface area contributed by atoms with Gasteiger partial charge in [0.05, 0.1) is 31.2 Å². The zero-order valence-corrected chi connectivity index (χ0v) is 36.6. The Bertz CT molecular complexity index is 2540. The standard InChI is InChI=1S/C45H50Cl2FN7O5S/c1-44(2)11-9-32(38(24-44)30-3-5-33(46)6-4-30)27-54-17-19-55(20-18-54)34-7-8-37(40(22-34)60-35-21-31-10-14-50-41(31)51-25-35)42(56)53-61(57,58)36-23-39(47)43(52-26-36)59-29-45(28-48)12-15-49-16-13-45/h3-8,10,14,21-23,25-26,49H,9,11-13,15-20,24,27-29H2,1-2H3,(H,50,51)(H,53,56). The SMILES string of the molecule is CC1(C)CCC(CN2CCN(c3ccc(C(=O)NS(=O)(=O)c4cnc(OCC5(CF)CCNCC5)c(Cl)c4)c(Oc4cnc5[nH]ccc5c4)c3)CC2)=C(c2ccc(Cl)cc2)C1. The lowest BCUT2D eigenvalue weighted by molar-refractivity contribution is 0.0728. The van der Waals surface area contributed by atoms with Crippen LogP contribution in [0.3, 0.4) is 0 Å². The van der Waals surface area contributed by atoms with E-state index >= 15 is 0 Å². The lowest BCUT2D eigenvalue weighted by Gasteiger charge is -2.39. The molecule has 0 saturated carbocycles. The van der Waals surface area contributed by atoms with Gasteiger partial charge in [-0.2, -0.15) is 0 Å². The Morgan fingerprint density at radius 2 is 1.72 bits per heavy atom. The zero-order valence-electron chi connectivity index (χ0n) is 34.3. The van der Waals surface area contributed by atoms with E-state index in [1.54, 1.807) is 36.7 Å². The van der Waals surface area contributed by atoms with Crippen LogP contribution in [-0.4, -0.2) is 93.3 Å². The molecule has 16 heteroatoms. The van der Waals surface area contributed by atoms with Gasteiger partial charge in [-0.3, -0.25) is 14.1 Å². The maximum absolute atomic E-state index is 14.0. The van der Waals surface area contributed by atoms with Gasteiger partial charge < -0.3 is 24.7 Å². The van der Waals surface area contributed by atoms with Crippen LogP contribution in [0.15, 0.2) is 89.7 Å². The summed E-state index contributed by atoms with van der Waals surface area (Å²) in [4.78, 5) is 29.9. The van der Waals surface area contributed by atoms with Gasteiger partial charge in [-0.15, -0.1) is 0 Å². The summed E-state index contributed by atoms with van der Waals surface area (Å²) in [5.41, 5.74) is 5.20. The van der Waals surface area contributed by atoms with Gasteiger partial charge in [0.1, 0.15) is 27.1 Å². The highest BCUT2D eigenvalue weighted by molar-refractivity contribution is 7.90. The summed E-state index contributed by atoms with van der Waals surface area (Å²) >= 11 is 12.7. The number of sulfonamides is 1. The number of anilines is 1. The van der Waals surface area contributed by atoms with Gasteiger partial charge >= 0.3 is 0 Å². The largest absolute Gasteiger partial charge is 0.476 e. The molecular weight excluding hydrogens is 841 g/mol. The monoisotopic (exact) mass is 889 g/mol. The van der Waals surface area contributed by atoms with E-state index in [2.05, 4.69) is 60.8 Å². The van der Waals surface area contributed by atoms with Crippen molar-refractivity contribution in [2.24, 2.45) is 10.8 Å². The molecule has 0 bridgehead atoms. The molecule has 1 aliphatic carbocycles. The number of aromatic nitrogens is 3. The number of nitrogens with one attached hydrogen (secondary N) is 3. The molecule has 0 atom stereocenters. The van der Waals surface area contributed by atoms with Gasteiger partial charge in [-0.05, 0) is 104 Å². The van der Waals surface area contributed by atoms with E-state index < -0.39 is 28.0 Å². The number of H-pyrrole nitrogens is 1. The van der Waals surface area contributed by atoms with Crippen LogP contribution in [-0.2, 0) is 10.0 Å². The highest BCUT2D eigenvalue weighted by atomic mass is 35.5. The number of pyridine rings is 2. The van der Waals surface area contributed by atoms with Crippen LogP contribution in [0.2, 0.25) is 10.0 Å². The van der Waals surface area contributed by atoms with Crippen LogP contribution >= 0.6 is 23.2 Å². The number of aromatic amines is 1. The number of carbonyl (C=O) groups excluding carboxylic acids is 1. The molecule has 2 aromatic carbocycles. The summed E-state index contributed by atoms with van der Waals surface area (Å²) in [5, 5.41) is 4.67. The summed E-state index contributed by atoms with van der Waals surface area (Å²) in [6, 6.07) is 18.1. The second kappa shape index (κ2) is 17.9. The number of fused-ring (bicyclic) bond motifs is 1. The second-order valence-electron chi connectivity index (χ2n) is 17.1. The minimum atomic E-state index is -4.46. The van der Waals surface area contributed by atoms with E-state index in [9.17, 15) is 17.6 Å². The number of hydrogen-bond donors (Lipinski definition) is 3. The maximum Gasteiger partial charge on any atom is 0.268 e. The van der Waals surface area contributed by atoms with Crippen molar-refractivity contribution in [1.29, 1.82) is 0 Å². The lowest BCUT2D eigenvalue weighted by atomic mass is 9.72. The number of piperidine rings is 1. The van der Waals surface area contributed by atoms with Gasteiger partial charge in [-0.1, -0.05) is 54.8 Å². The van der Waals surface area contributed by atoms with Crippen molar-refractivity contribution < 1.29 is 27.1 Å². The number of allylic oxidation sites excluding steroid dienone is 1. The van der Waals surface area contributed by atoms with Crippen LogP contribution in [0.1, 0.15) is 61.9 Å². The van der Waals surface area contributed by atoms with Crippen LogP contribution < -0.4 is 24.4 Å². The van der Waals surface area contributed by atoms with Gasteiger partial charge in [0, 0.05) is 66.5 Å². The van der Waals surface area contributed by atoms with Crippen LogP contribution in [0.4, 0.5) is 10.1 Å². The van der Waals surface area contributed by atoms with E-state index in [0.717, 1.165) is 80.3 Å². The van der Waals surface area contributed by atoms with Crippen molar-refractivity contribution >= 4 is 61.4 Å². The third kappa shape index (κ3) is 9.99. The Balaban J connectivity index is 0.987. The number of benzene rings is 2. The minimum absolute atomic E-state index is 0.000447. The van der Waals surface area contributed by atoms with E-state index in [1.807, 2.05) is 18.2 Å². The van der Waals surface area contributed by atoms with E-state index in [1.165, 1.54) is 16.7 Å². The summed E-state index contributed by atoms with van der Waals surface area (Å²) in [6.45, 7) is 9.54. The van der Waals surface area contributed by atoms with Gasteiger partial charge in [0.15, 0.2) is 0 Å². The molecule has 322 valence electrons. The van der Waals surface area contributed by atoms with Gasteiger partial charge in [0.2, 0.25) is 5.88 Å². The molecule has 3 N–H and O–H groups in total. The summed E-state index contributed by atoms with van der Waals surface area (Å²) in [6.07, 6.45) is 8.76. The van der Waals surface area contributed by atoms with Crippen molar-refractivity contribution in [3.8, 4) is 17.4 Å². The molecule has 5 aromatic rings. The second-order valence-corrected chi connectivity index (χ2v) is 19.7. The number of piperazine rings is 1. The predicted octanol–water partition coefficient (Wildman–Crippen LogP) is 8.68. The van der Waals surface area contributed by atoms with E-state index in [-0.39, 0.29) is 39.1 Å². The van der Waals surface area contributed by atoms with Crippen LogP contribution in [0.25, 0.3) is 16.6 Å². The molecule has 8 rings (SSSR count). The molecule has 12 nitrogen and oxygen atoms in total. The highest BCUT2D eigenvalue weighted by Crippen LogP contribution is 2.43. The van der Waals surface area contributed by atoms with E-state index in [4.69, 9.17) is 32.7 Å². The fourth-order valence-electron chi connectivity index (χ4n) is 8.37. The number of ether oxygens (including phenoxy) is 2. The molecule has 0 unspecified atom stereocenters. The van der Waals surface area contributed by atoms with Gasteiger partial charge in [0.25, 0.3) is 15.9 Å². The van der Waals surface area contributed by atoms with Crippen molar-refractivity contribution in [2.45, 2.75) is 50.8 Å². The third-order valence-corrected chi connectivity index (χ3v) is 13.9. The minimum Gasteiger partial charge on any atom is -0.476 e. The Hall–Kier alpha value is -4.73. The highest BCUT2D eigenvalue weighted by Gasteiger charge is 2.34. The van der Waals surface area contributed by atoms with Gasteiger partial charge in [-0.25, -0.2) is 23.1 Å². The Labute approximate surface area is 365 Å². The van der Waals surface area contributed by atoms with Crippen molar-refractivity contribution in [2.75, 3.05) is 64.0 Å². The van der Waals surface area contributed by atoms with E-state index in [0.29, 0.717) is 37.3 Å². The molecule has 2 aliphatic heterocycles. The normalized spacial score (nSPS) is 18.3. The summed E-state index contributed by atoms with van der Waals surface area (Å²) in [5.74, 6) is -0.394. The number of amides is 1. The van der Waals surface area contributed by atoms with Crippen molar-refractivity contribution in [3.05, 3.63) is 106 Å². The Morgan fingerprint density at radius 1 is 0.951 bits per heavy atom. The molecule has 3 aromatic heterocycles. The fourth-order valence-corrected chi connectivity index (χ4v) is 9.72. The maximum atomic E-state index is 14.0. The quantitative estimate of drug-likeness (QED) is 0.105. The third-order valence-electron chi connectivity index (χ3n) is 12.1. The molecule has 61 heavy (non-hydrogen) atoms. The summed E-state index contributed by atoms with van der Waals surface area (Å²) < 4.78 is 55.5. The van der Waals surface area contributed by atoms with Crippen LogP contribution in [0, 0.1) is 10.8 Å². The van der Waals surface area contributed by atoms with Crippen molar-refractivity contribution in [3.63, 3.8) is 0 Å². The average molecular weight is 891 g/mol. The Morgan fingerprint density at radius 3 is 2.46 bits per heavy atom. The number of rotatable bonds is 13. The number of nitrogens with zero attached hydrogens (tertiary/aromatic N) is 4. The molecule has 0 radical (unpaired) electrons. The molecule has 2 saturated heterocycles. The predicted molar refractivity (Wildman–Crippen MR) is 237 cm³/mol. The average Bonchev–Trinajstić information content (AvgIpc) is 3.73. The first kappa shape index (κ1) is 42.9. The smallest absolute Gasteiger partial charge is 0.268 e. The molecule has 3 aliphatic rings. The van der Waals surface area contributed by atoms with Crippen LogP contribution in [0.5, 0.6) is 17.4 Å². The first-order valence-electron chi connectivity index (χ1n) is 20.6. The number of hydrogen-bond acceptors (Lipinski definition) is 10. The zero-order chi connectivity index (χ0) is 42.8.